The van der Waals surface area contributed by atoms with Gasteiger partial charge in [0.25, 0.3) is 0 Å². The molecule has 0 aromatic heterocycles. The largest absolute Gasteiger partial charge is 0.370 e. The van der Waals surface area contributed by atoms with Crippen LogP contribution in [0.2, 0.25) is 0 Å². The summed E-state index contributed by atoms with van der Waals surface area (Å²) in [5.41, 5.74) is 6.73. The zero-order chi connectivity index (χ0) is 20.2. The number of nitrogens with two attached hydrogens (primary N) is 1. The van der Waals surface area contributed by atoms with Gasteiger partial charge in [-0.05, 0) is 36.2 Å². The van der Waals surface area contributed by atoms with Crippen LogP contribution in [0.1, 0.15) is 11.1 Å². The molecule has 0 saturated carbocycles. The van der Waals surface area contributed by atoms with E-state index in [2.05, 4.69) is 10.0 Å². The number of rotatable bonds is 7. The fourth-order valence-electron chi connectivity index (χ4n) is 2.43. The van der Waals surface area contributed by atoms with Gasteiger partial charge in [0.1, 0.15) is 5.78 Å². The molecule has 2 aromatic rings. The molecule has 0 amide bonds. The Kier molecular flexibility index (Phi) is 6.40. The van der Waals surface area contributed by atoms with E-state index in [1.807, 2.05) is 0 Å². The van der Waals surface area contributed by atoms with Crippen LogP contribution < -0.4 is 15.8 Å². The van der Waals surface area contributed by atoms with Crippen LogP contribution >= 0.6 is 7.60 Å². The molecular weight excluding hydrogens is 391 g/mol. The Bertz CT molecular complexity index is 973. The molecule has 0 saturated heterocycles. The molecule has 0 spiro atoms. The number of guanidine groups is 1. The van der Waals surface area contributed by atoms with Crippen LogP contribution in [0.3, 0.4) is 0 Å². The van der Waals surface area contributed by atoms with E-state index < -0.39 is 23.4 Å². The molecule has 7 N–H and O–H groups in total. The summed E-state index contributed by atoms with van der Waals surface area (Å²) in [5, 5.41) is 9.74. The quantitative estimate of drug-likeness (QED) is 0.227. The Balaban J connectivity index is 2.25. The first-order valence-corrected chi connectivity index (χ1v) is 11.0. The monoisotopic (exact) mass is 412 g/mol. The zero-order valence-electron chi connectivity index (χ0n) is 14.5. The maximum atomic E-state index is 12.6. The van der Waals surface area contributed by atoms with Crippen LogP contribution in [0.5, 0.6) is 0 Å². The normalized spacial score (nSPS) is 13.1. The Labute approximate surface area is 157 Å². The number of benzene rings is 2. The molecule has 0 aliphatic carbocycles. The number of hydrogen-bond donors (Lipinski definition) is 6. The number of aryl methyl sites for hydroxylation is 1. The minimum atomic E-state index is -4.77. The summed E-state index contributed by atoms with van der Waals surface area (Å²) in [6, 6.07) is 12.5. The van der Waals surface area contributed by atoms with E-state index in [0.29, 0.717) is 16.8 Å². The predicted octanol–water partition coefficient (Wildman–Crippen LogP) is 1.33. The van der Waals surface area contributed by atoms with Crippen LogP contribution in [0.4, 0.5) is 5.69 Å². The molecule has 0 aliphatic rings. The van der Waals surface area contributed by atoms with Crippen LogP contribution in [0.15, 0.2) is 53.4 Å². The molecule has 27 heavy (non-hydrogen) atoms. The summed E-state index contributed by atoms with van der Waals surface area (Å²) in [4.78, 5) is 19.2. The van der Waals surface area contributed by atoms with Gasteiger partial charge in [-0.25, -0.2) is 8.42 Å². The van der Waals surface area contributed by atoms with Crippen molar-refractivity contribution >= 4 is 29.3 Å². The minimum Gasteiger partial charge on any atom is -0.370 e. The lowest BCUT2D eigenvalue weighted by Gasteiger charge is -2.21. The minimum absolute atomic E-state index is 0.0375. The Morgan fingerprint density at radius 1 is 1.19 bits per heavy atom. The molecule has 1 atom stereocenters. The summed E-state index contributed by atoms with van der Waals surface area (Å²) in [6.45, 7) is 1.60. The summed E-state index contributed by atoms with van der Waals surface area (Å²) < 4.78 is 39.1. The molecule has 2 rings (SSSR count). The fraction of sp³-hybridized carbons (Fsp3) is 0.188. The van der Waals surface area contributed by atoms with Crippen LogP contribution in [-0.4, -0.2) is 29.9 Å². The van der Waals surface area contributed by atoms with Gasteiger partial charge in [-0.3, -0.25) is 9.97 Å². The Morgan fingerprint density at radius 2 is 1.78 bits per heavy atom. The average Bonchev–Trinajstić information content (AvgIpc) is 2.54. The Hall–Kier alpha value is -2.23. The molecule has 1 unspecified atom stereocenters. The lowest BCUT2D eigenvalue weighted by atomic mass is 10.1. The van der Waals surface area contributed by atoms with E-state index in [9.17, 15) is 22.8 Å². The molecule has 0 aliphatic heterocycles. The van der Waals surface area contributed by atoms with Crippen molar-refractivity contribution in [3.8, 4) is 0 Å². The van der Waals surface area contributed by atoms with E-state index >= 15 is 0 Å². The van der Waals surface area contributed by atoms with E-state index in [-0.39, 0.29) is 17.3 Å². The van der Waals surface area contributed by atoms with Gasteiger partial charge in [0.15, 0.2) is 5.96 Å². The van der Waals surface area contributed by atoms with Gasteiger partial charge in [-0.15, -0.1) is 0 Å². The third-order valence-corrected chi connectivity index (χ3v) is 6.67. The molecule has 11 heteroatoms. The van der Waals surface area contributed by atoms with Crippen LogP contribution in [-0.2, 0) is 21.0 Å². The first-order valence-electron chi connectivity index (χ1n) is 7.82. The zero-order valence-corrected chi connectivity index (χ0v) is 16.2. The van der Waals surface area contributed by atoms with Crippen LogP contribution in [0.25, 0.3) is 0 Å². The van der Waals surface area contributed by atoms with Crippen LogP contribution in [0, 0.1) is 12.3 Å². The number of sulfonamides is 1. The average molecular weight is 412 g/mol. The van der Waals surface area contributed by atoms with Crippen molar-refractivity contribution in [1.29, 1.82) is 5.41 Å². The van der Waals surface area contributed by atoms with Gasteiger partial charge in [0, 0.05) is 12.1 Å². The van der Waals surface area contributed by atoms with Crippen molar-refractivity contribution in [3.63, 3.8) is 0 Å². The van der Waals surface area contributed by atoms with Crippen molar-refractivity contribution in [3.05, 3.63) is 59.7 Å². The number of nitrogens with one attached hydrogen (secondary N) is 3. The first-order chi connectivity index (χ1) is 12.5. The van der Waals surface area contributed by atoms with Crippen molar-refractivity contribution in [2.24, 2.45) is 5.73 Å². The van der Waals surface area contributed by atoms with E-state index in [4.69, 9.17) is 11.1 Å². The summed E-state index contributed by atoms with van der Waals surface area (Å²) >= 11 is 0. The van der Waals surface area contributed by atoms with E-state index in [1.54, 1.807) is 43.3 Å². The third kappa shape index (κ3) is 5.88. The summed E-state index contributed by atoms with van der Waals surface area (Å²) in [7, 11) is -8.88. The molecular formula is C16H21N4O5PS. The second kappa shape index (κ2) is 8.20. The number of anilines is 1. The van der Waals surface area contributed by atoms with Crippen molar-refractivity contribution < 1.29 is 22.8 Å². The molecule has 0 bridgehead atoms. The topological polar surface area (TPSA) is 166 Å². The molecule has 2 aromatic carbocycles. The highest BCUT2D eigenvalue weighted by molar-refractivity contribution is 7.89. The molecule has 0 radical (unpaired) electrons. The SMILES string of the molecule is Cc1ccccc1S(=O)(=O)NC(Cc1ccc(NC(=N)N)cc1)P(=O)(O)O. The smallest absolute Gasteiger partial charge is 0.343 e. The highest BCUT2D eigenvalue weighted by atomic mass is 32.2. The van der Waals surface area contributed by atoms with Gasteiger partial charge in [-0.2, -0.15) is 4.72 Å². The second-order valence-corrected chi connectivity index (χ2v) is 9.42. The van der Waals surface area contributed by atoms with Crippen molar-refractivity contribution in [2.75, 3.05) is 5.32 Å². The maximum absolute atomic E-state index is 12.6. The fourth-order valence-corrected chi connectivity index (χ4v) is 5.17. The maximum Gasteiger partial charge on any atom is 0.343 e. The highest BCUT2D eigenvalue weighted by Crippen LogP contribution is 2.42. The van der Waals surface area contributed by atoms with Gasteiger partial charge >= 0.3 is 7.60 Å². The lowest BCUT2D eigenvalue weighted by Crippen LogP contribution is -2.36. The molecule has 146 valence electrons. The van der Waals surface area contributed by atoms with Gasteiger partial charge < -0.3 is 20.8 Å². The van der Waals surface area contributed by atoms with Crippen molar-refractivity contribution in [1.82, 2.24) is 4.72 Å². The highest BCUT2D eigenvalue weighted by Gasteiger charge is 2.33. The first kappa shape index (κ1) is 21.1. The summed E-state index contributed by atoms with van der Waals surface area (Å²) in [6.07, 6.45) is -0.213. The lowest BCUT2D eigenvalue weighted by molar-refractivity contribution is 0.353. The van der Waals surface area contributed by atoms with E-state index in [0.717, 1.165) is 0 Å². The van der Waals surface area contributed by atoms with Gasteiger partial charge in [0.2, 0.25) is 10.0 Å². The standard InChI is InChI=1S/C16H21N4O5PS/c1-11-4-2-3-5-14(11)27(24,25)20-15(26(21,22)23)10-12-6-8-13(9-7-12)19-16(17)18/h2-9,15,20H,10H2,1H3,(H4,17,18,19)(H2,21,22,23). The second-order valence-electron chi connectivity index (χ2n) is 5.93. The predicted molar refractivity (Wildman–Crippen MR) is 103 cm³/mol. The van der Waals surface area contributed by atoms with E-state index in [1.165, 1.54) is 12.1 Å². The molecule has 0 fully saturated rings. The van der Waals surface area contributed by atoms with Gasteiger partial charge in [0.05, 0.1) is 4.90 Å². The number of hydrogen-bond acceptors (Lipinski definition) is 4. The van der Waals surface area contributed by atoms with Gasteiger partial charge in [-0.1, -0.05) is 30.3 Å². The molecule has 9 nitrogen and oxygen atoms in total. The van der Waals surface area contributed by atoms with Crippen molar-refractivity contribution in [2.45, 2.75) is 24.0 Å². The Morgan fingerprint density at radius 3 is 2.30 bits per heavy atom. The molecule has 0 heterocycles. The summed E-state index contributed by atoms with van der Waals surface area (Å²) in [5.74, 6) is -1.87. The third-order valence-electron chi connectivity index (χ3n) is 3.74.